The maximum atomic E-state index is 12.0. The van der Waals surface area contributed by atoms with Gasteiger partial charge in [-0.1, -0.05) is 23.7 Å². The van der Waals surface area contributed by atoms with Crippen molar-refractivity contribution in [2.24, 2.45) is 0 Å². The van der Waals surface area contributed by atoms with Gasteiger partial charge in [-0.15, -0.1) is 0 Å². The topological polar surface area (TPSA) is 64.7 Å². The summed E-state index contributed by atoms with van der Waals surface area (Å²) in [4.78, 5) is 27.6. The summed E-state index contributed by atoms with van der Waals surface area (Å²) in [5.74, 6) is -0.0500. The van der Waals surface area contributed by atoms with Crippen LogP contribution < -0.4 is 10.6 Å². The first-order valence-corrected chi connectivity index (χ1v) is 7.65. The van der Waals surface area contributed by atoms with Gasteiger partial charge in [-0.25, -0.2) is 4.79 Å². The van der Waals surface area contributed by atoms with E-state index in [1.54, 1.807) is 17.0 Å². The number of rotatable bonds is 4. The Morgan fingerprint density at radius 3 is 2.59 bits per heavy atom. The molecule has 0 aliphatic carbocycles. The molecule has 1 fully saturated rings. The van der Waals surface area contributed by atoms with E-state index in [4.69, 9.17) is 11.6 Å². The number of urea groups is 1. The van der Waals surface area contributed by atoms with Crippen molar-refractivity contribution < 1.29 is 9.59 Å². The normalized spacial score (nSPS) is 15.5. The first-order chi connectivity index (χ1) is 10.5. The van der Waals surface area contributed by atoms with Gasteiger partial charge in [-0.2, -0.15) is 0 Å². The van der Waals surface area contributed by atoms with Crippen LogP contribution in [0.4, 0.5) is 4.79 Å². The number of amides is 3. The molecule has 2 rings (SSSR count). The van der Waals surface area contributed by atoms with Gasteiger partial charge in [-0.05, 0) is 24.7 Å². The van der Waals surface area contributed by atoms with Crippen molar-refractivity contribution in [1.82, 2.24) is 20.4 Å². The molecule has 120 valence electrons. The number of carbonyl (C=O) groups is 2. The zero-order valence-corrected chi connectivity index (χ0v) is 13.4. The van der Waals surface area contributed by atoms with Crippen LogP contribution in [-0.4, -0.2) is 61.5 Å². The molecule has 6 nitrogen and oxygen atoms in total. The highest BCUT2D eigenvalue weighted by molar-refractivity contribution is 6.30. The minimum Gasteiger partial charge on any atom is -0.339 e. The number of nitrogens with zero attached hydrogens (tertiary/aromatic N) is 2. The fourth-order valence-corrected chi connectivity index (χ4v) is 2.43. The van der Waals surface area contributed by atoms with Crippen molar-refractivity contribution in [2.75, 3.05) is 39.8 Å². The Morgan fingerprint density at radius 1 is 1.18 bits per heavy atom. The first-order valence-electron chi connectivity index (χ1n) is 7.27. The molecule has 0 bridgehead atoms. The van der Waals surface area contributed by atoms with Crippen molar-refractivity contribution in [2.45, 2.75) is 6.54 Å². The highest BCUT2D eigenvalue weighted by Gasteiger charge is 2.19. The molecule has 0 spiro atoms. The van der Waals surface area contributed by atoms with E-state index >= 15 is 0 Å². The van der Waals surface area contributed by atoms with Gasteiger partial charge < -0.3 is 20.4 Å². The quantitative estimate of drug-likeness (QED) is 0.865. The molecule has 1 aromatic carbocycles. The number of benzene rings is 1. The van der Waals surface area contributed by atoms with E-state index in [2.05, 4.69) is 15.5 Å². The lowest BCUT2D eigenvalue weighted by molar-refractivity contribution is -0.131. The maximum Gasteiger partial charge on any atom is 0.315 e. The highest BCUT2D eigenvalue weighted by Crippen LogP contribution is 2.10. The summed E-state index contributed by atoms with van der Waals surface area (Å²) < 4.78 is 0. The van der Waals surface area contributed by atoms with Gasteiger partial charge in [0.05, 0.1) is 6.54 Å². The summed E-state index contributed by atoms with van der Waals surface area (Å²) in [6.07, 6.45) is 0. The van der Waals surface area contributed by atoms with Crippen LogP contribution in [0.2, 0.25) is 5.02 Å². The number of hydrogen-bond acceptors (Lipinski definition) is 3. The third kappa shape index (κ3) is 5.20. The summed E-state index contributed by atoms with van der Waals surface area (Å²) in [5.41, 5.74) is 0.910. The summed E-state index contributed by atoms with van der Waals surface area (Å²) >= 11 is 5.88. The van der Waals surface area contributed by atoms with E-state index in [-0.39, 0.29) is 18.5 Å². The lowest BCUT2D eigenvalue weighted by atomic mass is 10.2. The fraction of sp³-hybridized carbons (Fsp3) is 0.467. The lowest BCUT2D eigenvalue weighted by Gasteiger charge is -2.32. The summed E-state index contributed by atoms with van der Waals surface area (Å²) in [7, 11) is 2.03. The minimum absolute atomic E-state index is 0.0189. The van der Waals surface area contributed by atoms with Gasteiger partial charge in [-0.3, -0.25) is 4.79 Å². The SMILES string of the molecule is CN1CCN(C(=O)CNC(=O)NCc2cccc(Cl)c2)CC1. The van der Waals surface area contributed by atoms with E-state index in [0.29, 0.717) is 24.7 Å². The van der Waals surface area contributed by atoms with Crippen molar-refractivity contribution in [3.8, 4) is 0 Å². The van der Waals surface area contributed by atoms with Crippen molar-refractivity contribution in [3.05, 3.63) is 34.9 Å². The molecule has 1 aliphatic rings. The van der Waals surface area contributed by atoms with Crippen molar-refractivity contribution in [1.29, 1.82) is 0 Å². The van der Waals surface area contributed by atoms with Crippen LogP contribution in [-0.2, 0) is 11.3 Å². The molecule has 1 saturated heterocycles. The standard InChI is InChI=1S/C15H21ClN4O2/c1-19-5-7-20(8-6-19)14(21)11-18-15(22)17-10-12-3-2-4-13(16)9-12/h2-4,9H,5-8,10-11H2,1H3,(H2,17,18,22). The Balaban J connectivity index is 1.68. The molecule has 0 saturated carbocycles. The third-order valence-corrected chi connectivity index (χ3v) is 3.83. The Morgan fingerprint density at radius 2 is 1.91 bits per heavy atom. The molecule has 2 N–H and O–H groups in total. The predicted octanol–water partition coefficient (Wildman–Crippen LogP) is 0.913. The van der Waals surface area contributed by atoms with E-state index in [1.165, 1.54) is 0 Å². The molecule has 1 aliphatic heterocycles. The summed E-state index contributed by atoms with van der Waals surface area (Å²) in [5, 5.41) is 5.92. The van der Waals surface area contributed by atoms with Crippen LogP contribution in [0, 0.1) is 0 Å². The number of nitrogens with one attached hydrogen (secondary N) is 2. The second-order valence-corrected chi connectivity index (χ2v) is 5.79. The van der Waals surface area contributed by atoms with Gasteiger partial charge >= 0.3 is 6.03 Å². The Kier molecular flexibility index (Phi) is 6.03. The van der Waals surface area contributed by atoms with E-state index in [1.807, 2.05) is 19.2 Å². The molecule has 1 aromatic rings. The fourth-order valence-electron chi connectivity index (χ4n) is 2.22. The van der Waals surface area contributed by atoms with E-state index in [9.17, 15) is 9.59 Å². The Hall–Kier alpha value is -1.79. The lowest BCUT2D eigenvalue weighted by Crippen LogP contribution is -2.50. The molecule has 3 amide bonds. The zero-order chi connectivity index (χ0) is 15.9. The molecule has 0 unspecified atom stereocenters. The zero-order valence-electron chi connectivity index (χ0n) is 12.6. The molecule has 22 heavy (non-hydrogen) atoms. The van der Waals surface area contributed by atoms with Gasteiger partial charge in [0.2, 0.25) is 5.91 Å². The smallest absolute Gasteiger partial charge is 0.315 e. The van der Waals surface area contributed by atoms with Crippen molar-refractivity contribution in [3.63, 3.8) is 0 Å². The van der Waals surface area contributed by atoms with Gasteiger partial charge in [0.15, 0.2) is 0 Å². The first kappa shape index (κ1) is 16.6. The summed E-state index contributed by atoms with van der Waals surface area (Å²) in [6.45, 7) is 3.54. The van der Waals surface area contributed by atoms with Crippen LogP contribution in [0.25, 0.3) is 0 Å². The van der Waals surface area contributed by atoms with Crippen LogP contribution in [0.3, 0.4) is 0 Å². The molecule has 0 aromatic heterocycles. The average Bonchev–Trinajstić information content (AvgIpc) is 2.51. The Labute approximate surface area is 135 Å². The number of carbonyl (C=O) groups excluding carboxylic acids is 2. The van der Waals surface area contributed by atoms with Crippen LogP contribution in [0.5, 0.6) is 0 Å². The molecule has 0 atom stereocenters. The van der Waals surface area contributed by atoms with Crippen molar-refractivity contribution >= 4 is 23.5 Å². The molecular formula is C15H21ClN4O2. The Bertz CT molecular complexity index is 530. The monoisotopic (exact) mass is 324 g/mol. The second kappa shape index (κ2) is 8.00. The van der Waals surface area contributed by atoms with E-state index in [0.717, 1.165) is 18.7 Å². The molecule has 0 radical (unpaired) electrons. The molecule has 7 heteroatoms. The van der Waals surface area contributed by atoms with Crippen LogP contribution in [0.15, 0.2) is 24.3 Å². The minimum atomic E-state index is -0.359. The van der Waals surface area contributed by atoms with Gasteiger partial charge in [0.25, 0.3) is 0 Å². The molecular weight excluding hydrogens is 304 g/mol. The van der Waals surface area contributed by atoms with Gasteiger partial charge in [0.1, 0.15) is 0 Å². The van der Waals surface area contributed by atoms with E-state index < -0.39 is 0 Å². The highest BCUT2D eigenvalue weighted by atomic mass is 35.5. The number of hydrogen-bond donors (Lipinski definition) is 2. The van der Waals surface area contributed by atoms with Gasteiger partial charge in [0, 0.05) is 37.7 Å². The second-order valence-electron chi connectivity index (χ2n) is 5.35. The molecule has 1 heterocycles. The largest absolute Gasteiger partial charge is 0.339 e. The average molecular weight is 325 g/mol. The maximum absolute atomic E-state index is 12.0. The number of halogens is 1. The predicted molar refractivity (Wildman–Crippen MR) is 85.8 cm³/mol. The van der Waals surface area contributed by atoms with Crippen LogP contribution in [0.1, 0.15) is 5.56 Å². The summed E-state index contributed by atoms with van der Waals surface area (Å²) in [6, 6.07) is 6.91. The van der Waals surface area contributed by atoms with Crippen LogP contribution >= 0.6 is 11.6 Å². The number of likely N-dealkylation sites (N-methyl/N-ethyl adjacent to an activating group) is 1. The third-order valence-electron chi connectivity index (χ3n) is 3.60. The number of piperazine rings is 1.